The number of aromatic nitrogens is 3. The second-order valence-corrected chi connectivity index (χ2v) is 6.56. The zero-order valence-corrected chi connectivity index (χ0v) is 13.1. The van der Waals surface area contributed by atoms with Gasteiger partial charge in [0.1, 0.15) is 11.6 Å². The maximum absolute atomic E-state index is 5.77. The molecule has 4 rings (SSSR count). The number of rotatable bonds is 3. The summed E-state index contributed by atoms with van der Waals surface area (Å²) >= 11 is 0. The zero-order chi connectivity index (χ0) is 15.1. The molecule has 2 aliphatic rings. The smallest absolute Gasteiger partial charge is 0.136 e. The van der Waals surface area contributed by atoms with E-state index in [1.54, 1.807) is 0 Å². The van der Waals surface area contributed by atoms with Crippen molar-refractivity contribution in [1.82, 2.24) is 14.8 Å². The van der Waals surface area contributed by atoms with Crippen LogP contribution in [-0.4, -0.2) is 27.9 Å². The van der Waals surface area contributed by atoms with Gasteiger partial charge in [0.25, 0.3) is 0 Å². The molecule has 1 saturated carbocycles. The summed E-state index contributed by atoms with van der Waals surface area (Å²) in [5.41, 5.74) is 7.87. The van der Waals surface area contributed by atoms with Crippen molar-refractivity contribution in [3.8, 4) is 0 Å². The van der Waals surface area contributed by atoms with Crippen molar-refractivity contribution >= 4 is 11.4 Å². The van der Waals surface area contributed by atoms with Gasteiger partial charge in [-0.3, -0.25) is 0 Å². The molecule has 1 aliphatic heterocycles. The molecule has 5 heteroatoms. The average molecular weight is 297 g/mol. The first-order valence-corrected chi connectivity index (χ1v) is 8.24. The summed E-state index contributed by atoms with van der Waals surface area (Å²) in [6.07, 6.45) is 4.87. The molecule has 5 nitrogen and oxygen atoms in total. The van der Waals surface area contributed by atoms with Crippen LogP contribution in [0.1, 0.15) is 49.3 Å². The second-order valence-electron chi connectivity index (χ2n) is 6.56. The highest BCUT2D eigenvalue weighted by molar-refractivity contribution is 5.53. The van der Waals surface area contributed by atoms with Crippen molar-refractivity contribution in [1.29, 1.82) is 0 Å². The molecule has 0 radical (unpaired) electrons. The minimum Gasteiger partial charge on any atom is -0.399 e. The second kappa shape index (κ2) is 5.30. The third-order valence-electron chi connectivity index (χ3n) is 4.92. The average Bonchev–Trinajstić information content (AvgIpc) is 3.31. The Morgan fingerprint density at radius 2 is 1.68 bits per heavy atom. The van der Waals surface area contributed by atoms with E-state index in [4.69, 9.17) is 5.73 Å². The summed E-state index contributed by atoms with van der Waals surface area (Å²) < 4.78 is 2.39. The molecule has 2 N–H and O–H groups in total. The van der Waals surface area contributed by atoms with E-state index in [1.807, 2.05) is 12.1 Å². The Balaban J connectivity index is 1.47. The standard InChI is InChI=1S/C17H23N5/c1-12-19-20-17(22(12)16-6-7-16)13-8-10-21(11-9-13)15-4-2-14(18)3-5-15/h2-5,13,16H,6-11,18H2,1H3. The van der Waals surface area contributed by atoms with Gasteiger partial charge in [0.2, 0.25) is 0 Å². The Morgan fingerprint density at radius 1 is 1.00 bits per heavy atom. The van der Waals surface area contributed by atoms with Crippen molar-refractivity contribution in [3.63, 3.8) is 0 Å². The molecule has 116 valence electrons. The molecule has 0 atom stereocenters. The maximum atomic E-state index is 5.77. The minimum absolute atomic E-state index is 0.548. The molecule has 2 heterocycles. The van der Waals surface area contributed by atoms with Gasteiger partial charge in [-0.15, -0.1) is 10.2 Å². The highest BCUT2D eigenvalue weighted by Gasteiger charge is 2.32. The van der Waals surface area contributed by atoms with Gasteiger partial charge in [0, 0.05) is 36.4 Å². The summed E-state index contributed by atoms with van der Waals surface area (Å²) in [5, 5.41) is 8.81. The van der Waals surface area contributed by atoms with E-state index in [1.165, 1.54) is 24.4 Å². The first kappa shape index (κ1) is 13.6. The third kappa shape index (κ3) is 2.45. The molecule has 0 spiro atoms. The molecule has 2 aromatic rings. The largest absolute Gasteiger partial charge is 0.399 e. The van der Waals surface area contributed by atoms with Crippen molar-refractivity contribution < 1.29 is 0 Å². The Kier molecular flexibility index (Phi) is 3.28. The fourth-order valence-electron chi connectivity index (χ4n) is 3.53. The summed E-state index contributed by atoms with van der Waals surface area (Å²) in [6.45, 7) is 4.23. The normalized spacial score (nSPS) is 19.6. The number of nitrogens with zero attached hydrogens (tertiary/aromatic N) is 4. The van der Waals surface area contributed by atoms with Crippen LogP contribution < -0.4 is 10.6 Å². The SMILES string of the molecule is Cc1nnc(C2CCN(c3ccc(N)cc3)CC2)n1C1CC1. The van der Waals surface area contributed by atoms with Crippen molar-refractivity contribution in [3.05, 3.63) is 35.9 Å². The number of piperidine rings is 1. The summed E-state index contributed by atoms with van der Waals surface area (Å²) in [4.78, 5) is 2.45. The van der Waals surface area contributed by atoms with Gasteiger partial charge < -0.3 is 15.2 Å². The molecule has 2 fully saturated rings. The molecule has 1 aromatic carbocycles. The van der Waals surface area contributed by atoms with Gasteiger partial charge in [0.05, 0.1) is 0 Å². The summed E-state index contributed by atoms with van der Waals surface area (Å²) in [6, 6.07) is 8.86. The number of nitrogen functional groups attached to an aromatic ring is 1. The summed E-state index contributed by atoms with van der Waals surface area (Å²) in [7, 11) is 0. The van der Waals surface area contributed by atoms with E-state index in [9.17, 15) is 0 Å². The first-order valence-electron chi connectivity index (χ1n) is 8.24. The van der Waals surface area contributed by atoms with Crippen LogP contribution in [0.5, 0.6) is 0 Å². The Morgan fingerprint density at radius 3 is 2.32 bits per heavy atom. The maximum Gasteiger partial charge on any atom is 0.136 e. The van der Waals surface area contributed by atoms with E-state index in [2.05, 4.69) is 38.7 Å². The Bertz CT molecular complexity index is 648. The first-order chi connectivity index (χ1) is 10.7. The lowest BCUT2D eigenvalue weighted by molar-refractivity contribution is 0.463. The molecule has 1 aliphatic carbocycles. The van der Waals surface area contributed by atoms with E-state index < -0.39 is 0 Å². The molecular formula is C17H23N5. The number of aryl methyl sites for hydroxylation is 1. The van der Waals surface area contributed by atoms with Crippen LogP contribution >= 0.6 is 0 Å². The van der Waals surface area contributed by atoms with Crippen LogP contribution in [0.3, 0.4) is 0 Å². The van der Waals surface area contributed by atoms with E-state index in [-0.39, 0.29) is 0 Å². The van der Waals surface area contributed by atoms with Crippen molar-refractivity contribution in [2.75, 3.05) is 23.7 Å². The zero-order valence-electron chi connectivity index (χ0n) is 13.1. The van der Waals surface area contributed by atoms with E-state index in [0.717, 1.165) is 37.4 Å². The fourth-order valence-corrected chi connectivity index (χ4v) is 3.53. The van der Waals surface area contributed by atoms with Crippen LogP contribution in [0.15, 0.2) is 24.3 Å². The van der Waals surface area contributed by atoms with Crippen LogP contribution in [0, 0.1) is 6.92 Å². The predicted molar refractivity (Wildman–Crippen MR) is 88.1 cm³/mol. The number of benzene rings is 1. The fraction of sp³-hybridized carbons (Fsp3) is 0.529. The molecule has 1 saturated heterocycles. The van der Waals surface area contributed by atoms with Gasteiger partial charge in [-0.2, -0.15) is 0 Å². The van der Waals surface area contributed by atoms with Crippen LogP contribution in [-0.2, 0) is 0 Å². The minimum atomic E-state index is 0.548. The highest BCUT2D eigenvalue weighted by atomic mass is 15.3. The van der Waals surface area contributed by atoms with Crippen LogP contribution in [0.4, 0.5) is 11.4 Å². The molecule has 0 bridgehead atoms. The van der Waals surface area contributed by atoms with E-state index in [0.29, 0.717) is 12.0 Å². The molecule has 0 amide bonds. The highest BCUT2D eigenvalue weighted by Crippen LogP contribution is 2.39. The quantitative estimate of drug-likeness (QED) is 0.885. The van der Waals surface area contributed by atoms with Gasteiger partial charge >= 0.3 is 0 Å². The Labute approximate surface area is 131 Å². The monoisotopic (exact) mass is 297 g/mol. The van der Waals surface area contributed by atoms with Gasteiger partial charge in [0.15, 0.2) is 0 Å². The molecule has 22 heavy (non-hydrogen) atoms. The molecular weight excluding hydrogens is 274 g/mol. The topological polar surface area (TPSA) is 60.0 Å². The number of nitrogens with two attached hydrogens (primary N) is 1. The van der Waals surface area contributed by atoms with E-state index >= 15 is 0 Å². The third-order valence-corrected chi connectivity index (χ3v) is 4.92. The van der Waals surface area contributed by atoms with Crippen LogP contribution in [0.2, 0.25) is 0 Å². The van der Waals surface area contributed by atoms with Gasteiger partial charge in [-0.25, -0.2) is 0 Å². The lowest BCUT2D eigenvalue weighted by Crippen LogP contribution is -2.33. The number of anilines is 2. The van der Waals surface area contributed by atoms with Gasteiger partial charge in [-0.05, 0) is 56.9 Å². The van der Waals surface area contributed by atoms with Crippen molar-refractivity contribution in [2.45, 2.75) is 44.6 Å². The van der Waals surface area contributed by atoms with Crippen LogP contribution in [0.25, 0.3) is 0 Å². The number of hydrogen-bond acceptors (Lipinski definition) is 4. The lowest BCUT2D eigenvalue weighted by atomic mass is 9.95. The number of hydrogen-bond donors (Lipinski definition) is 1. The molecule has 0 unspecified atom stereocenters. The van der Waals surface area contributed by atoms with Gasteiger partial charge in [-0.1, -0.05) is 0 Å². The summed E-state index contributed by atoms with van der Waals surface area (Å²) in [5.74, 6) is 2.85. The molecule has 1 aromatic heterocycles. The van der Waals surface area contributed by atoms with Crippen molar-refractivity contribution in [2.24, 2.45) is 0 Å². The lowest BCUT2D eigenvalue weighted by Gasteiger charge is -2.33. The predicted octanol–water partition coefficient (Wildman–Crippen LogP) is 2.89. The Hall–Kier alpha value is -2.04.